The predicted octanol–water partition coefficient (Wildman–Crippen LogP) is 1.79. The fraction of sp³-hybridized carbons (Fsp3) is 0.333. The van der Waals surface area contributed by atoms with Crippen LogP contribution in [-0.4, -0.2) is 16.6 Å². The van der Waals surface area contributed by atoms with E-state index in [1.165, 1.54) is 0 Å². The maximum atomic E-state index is 5.02. The molecular weight excluding hydrogens is 152 g/mol. The molecule has 0 atom stereocenters. The highest BCUT2D eigenvalue weighted by molar-refractivity contribution is 5.37. The largest absolute Gasteiger partial charge is 0.501 e. The second-order valence-corrected chi connectivity index (χ2v) is 2.31. The highest BCUT2D eigenvalue weighted by atomic mass is 16.5. The fourth-order valence-corrected chi connectivity index (χ4v) is 0.754. The normalized spacial score (nSPS) is 10.5. The van der Waals surface area contributed by atoms with Crippen molar-refractivity contribution >= 4 is 6.08 Å². The van der Waals surface area contributed by atoms with Crippen LogP contribution in [0.1, 0.15) is 18.4 Å². The van der Waals surface area contributed by atoms with Crippen LogP contribution < -0.4 is 0 Å². The van der Waals surface area contributed by atoms with Crippen LogP contribution in [0, 0.1) is 6.92 Å². The zero-order valence-corrected chi connectivity index (χ0v) is 7.32. The van der Waals surface area contributed by atoms with Gasteiger partial charge in [-0.3, -0.25) is 0 Å². The van der Waals surface area contributed by atoms with Gasteiger partial charge in [-0.2, -0.15) is 0 Å². The Morgan fingerprint density at radius 1 is 1.58 bits per heavy atom. The molecule has 0 fully saturated rings. The lowest BCUT2D eigenvalue weighted by atomic mass is 10.4. The number of hydrogen-bond donors (Lipinski definition) is 0. The topological polar surface area (TPSA) is 35.0 Å². The summed E-state index contributed by atoms with van der Waals surface area (Å²) in [5.41, 5.74) is 0.959. The van der Waals surface area contributed by atoms with Gasteiger partial charge in [0.15, 0.2) is 5.82 Å². The van der Waals surface area contributed by atoms with Crippen molar-refractivity contribution in [2.45, 2.75) is 13.8 Å². The Hall–Kier alpha value is -1.38. The molecule has 0 amide bonds. The zero-order valence-electron chi connectivity index (χ0n) is 7.32. The number of hydrogen-bond acceptors (Lipinski definition) is 3. The van der Waals surface area contributed by atoms with E-state index in [2.05, 4.69) is 9.97 Å². The number of ether oxygens (including phenoxy) is 1. The van der Waals surface area contributed by atoms with Gasteiger partial charge in [0.25, 0.3) is 0 Å². The molecule has 0 aliphatic carbocycles. The molecule has 12 heavy (non-hydrogen) atoms. The predicted molar refractivity (Wildman–Crippen MR) is 47.4 cm³/mol. The van der Waals surface area contributed by atoms with Crippen molar-refractivity contribution in [3.63, 3.8) is 0 Å². The van der Waals surface area contributed by atoms with Crippen molar-refractivity contribution < 1.29 is 4.74 Å². The maximum Gasteiger partial charge on any atom is 0.155 e. The van der Waals surface area contributed by atoms with Crippen molar-refractivity contribution in [3.8, 4) is 0 Å². The van der Waals surface area contributed by atoms with E-state index >= 15 is 0 Å². The first-order valence-corrected chi connectivity index (χ1v) is 3.90. The molecular formula is C9H12N2O. The minimum Gasteiger partial charge on any atom is -0.501 e. The van der Waals surface area contributed by atoms with Crippen LogP contribution in [0.5, 0.6) is 0 Å². The van der Waals surface area contributed by atoms with Crippen molar-refractivity contribution in [1.82, 2.24) is 9.97 Å². The molecule has 64 valence electrons. The standard InChI is InChI=1S/C9H12N2O/c1-3-12-7-5-9-10-6-4-8(2)11-9/h4-7H,3H2,1-2H3/b7-5+. The van der Waals surface area contributed by atoms with E-state index < -0.39 is 0 Å². The SMILES string of the molecule is CCO/C=C/c1nccc(C)n1. The van der Waals surface area contributed by atoms with Gasteiger partial charge in [0.2, 0.25) is 0 Å². The van der Waals surface area contributed by atoms with Crippen LogP contribution >= 0.6 is 0 Å². The molecule has 1 aromatic heterocycles. The Morgan fingerprint density at radius 2 is 2.42 bits per heavy atom. The quantitative estimate of drug-likeness (QED) is 0.639. The van der Waals surface area contributed by atoms with Gasteiger partial charge in [0.05, 0.1) is 12.9 Å². The summed E-state index contributed by atoms with van der Waals surface area (Å²) in [5.74, 6) is 0.684. The summed E-state index contributed by atoms with van der Waals surface area (Å²) in [6.45, 7) is 4.53. The summed E-state index contributed by atoms with van der Waals surface area (Å²) >= 11 is 0. The molecule has 0 aliphatic heterocycles. The van der Waals surface area contributed by atoms with Crippen molar-refractivity contribution in [2.75, 3.05) is 6.61 Å². The lowest BCUT2D eigenvalue weighted by Crippen LogP contribution is -1.88. The summed E-state index contributed by atoms with van der Waals surface area (Å²) in [4.78, 5) is 8.20. The summed E-state index contributed by atoms with van der Waals surface area (Å²) in [6, 6.07) is 1.86. The van der Waals surface area contributed by atoms with Crippen LogP contribution in [0.25, 0.3) is 6.08 Å². The molecule has 1 rings (SSSR count). The van der Waals surface area contributed by atoms with Gasteiger partial charge in [-0.25, -0.2) is 9.97 Å². The number of rotatable bonds is 3. The third kappa shape index (κ3) is 2.70. The second kappa shape index (κ2) is 4.49. The summed E-state index contributed by atoms with van der Waals surface area (Å²) in [7, 11) is 0. The first kappa shape index (κ1) is 8.71. The van der Waals surface area contributed by atoms with Gasteiger partial charge in [-0.1, -0.05) is 0 Å². The van der Waals surface area contributed by atoms with Crippen LogP contribution in [-0.2, 0) is 4.74 Å². The van der Waals surface area contributed by atoms with Gasteiger partial charge in [-0.05, 0) is 19.9 Å². The lowest BCUT2D eigenvalue weighted by molar-refractivity contribution is 0.272. The van der Waals surface area contributed by atoms with Crippen LogP contribution in [0.15, 0.2) is 18.5 Å². The van der Waals surface area contributed by atoms with E-state index in [4.69, 9.17) is 4.74 Å². The molecule has 1 heterocycles. The zero-order chi connectivity index (χ0) is 8.81. The minimum atomic E-state index is 0.669. The molecule has 3 nitrogen and oxygen atoms in total. The molecule has 0 unspecified atom stereocenters. The molecule has 1 aromatic rings. The van der Waals surface area contributed by atoms with E-state index in [9.17, 15) is 0 Å². The van der Waals surface area contributed by atoms with Gasteiger partial charge in [0, 0.05) is 18.0 Å². The third-order valence-electron chi connectivity index (χ3n) is 1.29. The second-order valence-electron chi connectivity index (χ2n) is 2.31. The summed E-state index contributed by atoms with van der Waals surface area (Å²) < 4.78 is 5.02. The minimum absolute atomic E-state index is 0.669. The molecule has 3 heteroatoms. The lowest BCUT2D eigenvalue weighted by Gasteiger charge is -1.94. The van der Waals surface area contributed by atoms with Gasteiger partial charge >= 0.3 is 0 Å². The molecule has 0 aliphatic rings. The third-order valence-corrected chi connectivity index (χ3v) is 1.29. The monoisotopic (exact) mass is 164 g/mol. The van der Waals surface area contributed by atoms with Crippen molar-refractivity contribution in [3.05, 3.63) is 30.0 Å². The van der Waals surface area contributed by atoms with Gasteiger partial charge < -0.3 is 4.74 Å². The van der Waals surface area contributed by atoms with E-state index in [-0.39, 0.29) is 0 Å². The maximum absolute atomic E-state index is 5.02. The molecule has 0 radical (unpaired) electrons. The van der Waals surface area contributed by atoms with Gasteiger partial charge in [0.1, 0.15) is 0 Å². The van der Waals surface area contributed by atoms with Crippen LogP contribution in [0.2, 0.25) is 0 Å². The molecule has 0 bridgehead atoms. The molecule has 0 N–H and O–H groups in total. The Balaban J connectivity index is 2.63. The van der Waals surface area contributed by atoms with Gasteiger partial charge in [-0.15, -0.1) is 0 Å². The van der Waals surface area contributed by atoms with Crippen molar-refractivity contribution in [2.24, 2.45) is 0 Å². The molecule has 0 saturated heterocycles. The Morgan fingerprint density at radius 3 is 3.08 bits per heavy atom. The van der Waals surface area contributed by atoms with E-state index in [0.717, 1.165) is 5.69 Å². The Labute approximate surface area is 72.1 Å². The first-order valence-electron chi connectivity index (χ1n) is 3.90. The Kier molecular flexibility index (Phi) is 3.26. The number of aryl methyl sites for hydroxylation is 1. The molecule has 0 saturated carbocycles. The highest BCUT2D eigenvalue weighted by Gasteiger charge is 1.88. The smallest absolute Gasteiger partial charge is 0.155 e. The molecule has 0 spiro atoms. The van der Waals surface area contributed by atoms with Crippen molar-refractivity contribution in [1.29, 1.82) is 0 Å². The van der Waals surface area contributed by atoms with E-state index in [0.29, 0.717) is 12.4 Å². The van der Waals surface area contributed by atoms with Crippen LogP contribution in [0.3, 0.4) is 0 Å². The van der Waals surface area contributed by atoms with Crippen LogP contribution in [0.4, 0.5) is 0 Å². The van der Waals surface area contributed by atoms with E-state index in [1.807, 2.05) is 19.9 Å². The average Bonchev–Trinajstić information content (AvgIpc) is 2.05. The number of nitrogens with zero attached hydrogens (tertiary/aromatic N) is 2. The first-order chi connectivity index (χ1) is 5.83. The fourth-order valence-electron chi connectivity index (χ4n) is 0.754. The average molecular weight is 164 g/mol. The summed E-state index contributed by atoms with van der Waals surface area (Å²) in [6.07, 6.45) is 5.08. The Bertz CT molecular complexity index is 271. The number of aromatic nitrogens is 2. The van der Waals surface area contributed by atoms with E-state index in [1.54, 1.807) is 18.5 Å². The molecule has 0 aromatic carbocycles. The highest BCUT2D eigenvalue weighted by Crippen LogP contribution is 1.95. The summed E-state index contributed by atoms with van der Waals surface area (Å²) in [5, 5.41) is 0.